The minimum absolute atomic E-state index is 0.00882. The van der Waals surface area contributed by atoms with Crippen molar-refractivity contribution < 1.29 is 50.8 Å². The van der Waals surface area contributed by atoms with Crippen LogP contribution < -0.4 is 33.5 Å². The maximum absolute atomic E-state index is 14.7. The van der Waals surface area contributed by atoms with Crippen LogP contribution in [0.4, 0.5) is 22.7 Å². The van der Waals surface area contributed by atoms with Crippen molar-refractivity contribution in [1.29, 1.82) is 0 Å². The third-order valence-electron chi connectivity index (χ3n) is 12.4. The largest absolute Gasteiger partial charge is 0.495 e. The van der Waals surface area contributed by atoms with Gasteiger partial charge in [-0.05, 0) is 80.5 Å². The molecule has 5 heterocycles. The van der Waals surface area contributed by atoms with E-state index in [2.05, 4.69) is 20.6 Å². The number of ether oxygens (including phenoxy) is 3. The fraction of sp³-hybridized carbons (Fsp3) is 0.362. The Morgan fingerprint density at radius 3 is 1.96 bits per heavy atom. The summed E-state index contributed by atoms with van der Waals surface area (Å²) in [5, 5.41) is 27.8. The molecule has 21 heteroatoms. The molecule has 6 atom stereocenters. The quantitative estimate of drug-likeness (QED) is 0.101. The zero-order chi connectivity index (χ0) is 48.3. The lowest BCUT2D eigenvalue weighted by atomic mass is 9.91. The molecule has 0 spiro atoms. The van der Waals surface area contributed by atoms with Crippen LogP contribution in [0.3, 0.4) is 0 Å². The first-order valence-corrected chi connectivity index (χ1v) is 25.3. The molecule has 0 bridgehead atoms. The van der Waals surface area contributed by atoms with E-state index >= 15 is 0 Å². The molecule has 0 aliphatic carbocycles. The molecule has 2 amide bonds. The van der Waals surface area contributed by atoms with Crippen molar-refractivity contribution in [2.75, 3.05) is 59.1 Å². The first kappa shape index (κ1) is 48.4. The molecule has 2 aromatic heterocycles. The van der Waals surface area contributed by atoms with Crippen LogP contribution in [0.5, 0.6) is 17.5 Å². The van der Waals surface area contributed by atoms with Gasteiger partial charge in [-0.25, -0.2) is 22.7 Å². The summed E-state index contributed by atoms with van der Waals surface area (Å²) < 4.78 is 79.5. The van der Waals surface area contributed by atoms with Crippen LogP contribution >= 0.6 is 11.6 Å². The molecule has 3 aromatic carbocycles. The molecule has 68 heavy (non-hydrogen) atoms. The molecule has 5 aromatic rings. The highest BCUT2D eigenvalue weighted by molar-refractivity contribution is 7.93. The van der Waals surface area contributed by atoms with E-state index in [9.17, 15) is 36.6 Å². The lowest BCUT2D eigenvalue weighted by Crippen LogP contribution is -2.54. The summed E-state index contributed by atoms with van der Waals surface area (Å²) >= 11 is 6.31. The molecular formula is C47H52ClN7O11S2. The van der Waals surface area contributed by atoms with Crippen molar-refractivity contribution in [2.24, 2.45) is 5.92 Å². The molecule has 8 rings (SSSR count). The number of rotatable bonds is 15. The van der Waals surface area contributed by atoms with Crippen LogP contribution in [0.15, 0.2) is 108 Å². The van der Waals surface area contributed by atoms with E-state index in [1.165, 1.54) is 54.1 Å². The number of carbonyl (C=O) groups is 2. The van der Waals surface area contributed by atoms with E-state index in [0.29, 0.717) is 12.8 Å². The standard InChI is InChI=1S/C47H52ClN7O11S2/c1-29(32-12-6-4-7-13-32)44(58)51-35-21-38-47(50-24-35)66-42(27-54(38)67(60,61)43-20-34(48)16-17-41(43)64-3)40(57)19-31-11-10-18-53(25-31)68(62,63)55-26-37(28-56)65-46-39(55)22-36(23-49-46)52-45(59)30(2)33-14-8-5-9-15-33/h4-9,12-17,20-24,29-31,37,40,42,56-57H,10-11,18-19,25-28H2,1-3H3,(H,51,58)(H,52,59). The second-order valence-corrected chi connectivity index (χ2v) is 21.1. The van der Waals surface area contributed by atoms with Crippen molar-refractivity contribution in [2.45, 2.75) is 68.2 Å². The van der Waals surface area contributed by atoms with E-state index < -0.39 is 69.4 Å². The molecule has 18 nitrogen and oxygen atoms in total. The number of aromatic nitrogens is 2. The minimum Gasteiger partial charge on any atom is -0.495 e. The number of benzene rings is 3. The highest BCUT2D eigenvalue weighted by Crippen LogP contribution is 2.42. The molecule has 6 unspecified atom stereocenters. The van der Waals surface area contributed by atoms with Crippen LogP contribution in [-0.4, -0.2) is 111 Å². The number of amides is 2. The Bertz CT molecular complexity index is 2870. The average Bonchev–Trinajstić information content (AvgIpc) is 3.35. The van der Waals surface area contributed by atoms with Crippen LogP contribution in [0, 0.1) is 5.92 Å². The summed E-state index contributed by atoms with van der Waals surface area (Å²) in [6, 6.07) is 25.4. The number of nitrogens with zero attached hydrogens (tertiary/aromatic N) is 5. The van der Waals surface area contributed by atoms with Gasteiger partial charge >= 0.3 is 10.2 Å². The van der Waals surface area contributed by atoms with Gasteiger partial charge < -0.3 is 35.1 Å². The third-order valence-corrected chi connectivity index (χ3v) is 16.3. The highest BCUT2D eigenvalue weighted by atomic mass is 35.5. The lowest BCUT2D eigenvalue weighted by molar-refractivity contribution is -0.118. The zero-order valence-electron chi connectivity index (χ0n) is 37.4. The van der Waals surface area contributed by atoms with E-state index in [4.69, 9.17) is 25.8 Å². The molecule has 0 radical (unpaired) electrons. The van der Waals surface area contributed by atoms with Gasteiger partial charge in [0.1, 0.15) is 34.2 Å². The van der Waals surface area contributed by atoms with Crippen molar-refractivity contribution in [3.8, 4) is 17.5 Å². The fourth-order valence-electron chi connectivity index (χ4n) is 8.54. The first-order valence-electron chi connectivity index (χ1n) is 22.0. The van der Waals surface area contributed by atoms with Crippen molar-refractivity contribution >= 4 is 66.4 Å². The molecule has 360 valence electrons. The van der Waals surface area contributed by atoms with Crippen LogP contribution in [-0.2, 0) is 29.8 Å². The smallest absolute Gasteiger partial charge is 0.304 e. The predicted molar refractivity (Wildman–Crippen MR) is 255 cm³/mol. The van der Waals surface area contributed by atoms with Gasteiger partial charge in [-0.2, -0.15) is 12.7 Å². The number of carbonyl (C=O) groups excluding carboxylic acids is 2. The average molecular weight is 991 g/mol. The lowest BCUT2D eigenvalue weighted by Gasteiger charge is -2.41. The Labute approximate surface area is 400 Å². The first-order chi connectivity index (χ1) is 32.6. The number of hydrogen-bond acceptors (Lipinski definition) is 13. The van der Waals surface area contributed by atoms with Gasteiger partial charge in [-0.15, -0.1) is 0 Å². The maximum atomic E-state index is 14.7. The summed E-state index contributed by atoms with van der Waals surface area (Å²) in [7, 11) is -7.51. The summed E-state index contributed by atoms with van der Waals surface area (Å²) in [5.74, 6) is -2.32. The highest BCUT2D eigenvalue weighted by Gasteiger charge is 2.43. The number of aliphatic hydroxyl groups excluding tert-OH is 2. The topological polar surface area (TPSA) is 230 Å². The summed E-state index contributed by atoms with van der Waals surface area (Å²) in [6.07, 6.45) is 0.254. The van der Waals surface area contributed by atoms with Crippen molar-refractivity contribution in [3.63, 3.8) is 0 Å². The number of sulfonamides is 1. The van der Waals surface area contributed by atoms with Gasteiger partial charge in [0.05, 0.1) is 68.5 Å². The molecule has 0 saturated carbocycles. The zero-order valence-corrected chi connectivity index (χ0v) is 39.8. The fourth-order valence-corrected chi connectivity index (χ4v) is 12.2. The van der Waals surface area contributed by atoms with Gasteiger partial charge in [0.15, 0.2) is 0 Å². The Morgan fingerprint density at radius 1 is 0.809 bits per heavy atom. The van der Waals surface area contributed by atoms with Crippen molar-refractivity contribution in [1.82, 2.24) is 14.3 Å². The van der Waals surface area contributed by atoms with Gasteiger partial charge in [0.25, 0.3) is 10.0 Å². The number of pyridine rings is 2. The minimum atomic E-state index is -4.51. The molecule has 4 N–H and O–H groups in total. The number of anilines is 4. The predicted octanol–water partition coefficient (Wildman–Crippen LogP) is 5.55. The number of methoxy groups -OCH3 is 1. The van der Waals surface area contributed by atoms with Gasteiger partial charge in [-0.1, -0.05) is 72.3 Å². The van der Waals surface area contributed by atoms with Gasteiger partial charge in [-0.3, -0.25) is 13.9 Å². The number of aliphatic hydroxyl groups is 2. The number of halogens is 1. The summed E-state index contributed by atoms with van der Waals surface area (Å²) in [5.41, 5.74) is 2.08. The Morgan fingerprint density at radius 2 is 1.38 bits per heavy atom. The second-order valence-electron chi connectivity index (χ2n) is 17.0. The second kappa shape index (κ2) is 20.3. The SMILES string of the molecule is COc1ccc(Cl)cc1S(=O)(=O)N1CC(C(O)CC2CCCN(S(=O)(=O)N3CC(CO)Oc4ncc(NC(=O)C(C)c5ccccc5)cc43)C2)Oc2ncc(NC(=O)C(C)c3ccccc3)cc21. The van der Waals surface area contributed by atoms with E-state index in [1.807, 2.05) is 60.7 Å². The normalized spacial score (nSPS) is 19.8. The van der Waals surface area contributed by atoms with E-state index in [-0.39, 0.29) is 88.0 Å². The molecule has 1 saturated heterocycles. The Balaban J connectivity index is 1.02. The van der Waals surface area contributed by atoms with Crippen LogP contribution in [0.25, 0.3) is 0 Å². The summed E-state index contributed by atoms with van der Waals surface area (Å²) in [4.78, 5) is 35.1. The number of piperidine rings is 1. The Hall–Kier alpha value is -6.03. The molecule has 1 fully saturated rings. The van der Waals surface area contributed by atoms with Crippen LogP contribution in [0.2, 0.25) is 5.02 Å². The number of nitrogens with one attached hydrogen (secondary N) is 2. The van der Waals surface area contributed by atoms with Crippen molar-refractivity contribution in [3.05, 3.63) is 120 Å². The van der Waals surface area contributed by atoms with Gasteiger partial charge in [0, 0.05) is 18.1 Å². The monoisotopic (exact) mass is 989 g/mol. The summed E-state index contributed by atoms with van der Waals surface area (Å²) in [6.45, 7) is 2.51. The van der Waals surface area contributed by atoms with E-state index in [1.54, 1.807) is 13.8 Å². The number of hydrogen-bond donors (Lipinski definition) is 4. The Kier molecular flexibility index (Phi) is 14.4. The number of fused-ring (bicyclic) bond motifs is 2. The van der Waals surface area contributed by atoms with Crippen LogP contribution in [0.1, 0.15) is 56.1 Å². The maximum Gasteiger partial charge on any atom is 0.304 e. The van der Waals surface area contributed by atoms with Gasteiger partial charge in [0.2, 0.25) is 23.6 Å². The molecular weight excluding hydrogens is 938 g/mol. The molecule has 3 aliphatic rings. The molecule has 3 aliphatic heterocycles. The van der Waals surface area contributed by atoms with E-state index in [0.717, 1.165) is 19.7 Å². The third kappa shape index (κ3) is 10.2.